The molecule has 19 heavy (non-hydrogen) atoms. The summed E-state index contributed by atoms with van der Waals surface area (Å²) in [5.41, 5.74) is 7.24. The molecule has 106 valence electrons. The highest BCUT2D eigenvalue weighted by Crippen LogP contribution is 2.15. The number of ether oxygens (including phenoxy) is 1. The number of nitrogens with two attached hydrogens (primary N) is 1. The molecule has 0 spiro atoms. The fraction of sp³-hybridized carbons (Fsp3) is 0.538. The van der Waals surface area contributed by atoms with Gasteiger partial charge in [-0.15, -0.1) is 0 Å². The number of sulfonamides is 1. The fourth-order valence-corrected chi connectivity index (χ4v) is 3.70. The van der Waals surface area contributed by atoms with Crippen LogP contribution in [0.3, 0.4) is 0 Å². The van der Waals surface area contributed by atoms with Gasteiger partial charge in [-0.2, -0.15) is 0 Å². The molecule has 2 unspecified atom stereocenters. The van der Waals surface area contributed by atoms with Crippen LogP contribution in [0.2, 0.25) is 0 Å². The van der Waals surface area contributed by atoms with Crippen molar-refractivity contribution in [1.29, 1.82) is 0 Å². The first-order valence-electron chi connectivity index (χ1n) is 6.39. The standard InChI is InChI=1S/C13H20N2O3S/c1-10-13(5-6-18-10)15-19(16,17)9-12-4-2-3-11(7-12)8-14/h2-4,7,10,13,15H,5-6,8-9,14H2,1H3. The summed E-state index contributed by atoms with van der Waals surface area (Å²) < 4.78 is 32.3. The zero-order valence-electron chi connectivity index (χ0n) is 11.0. The van der Waals surface area contributed by atoms with Crippen LogP contribution in [-0.2, 0) is 27.1 Å². The molecule has 1 aliphatic rings. The normalized spacial score (nSPS) is 23.7. The van der Waals surface area contributed by atoms with E-state index in [2.05, 4.69) is 4.72 Å². The van der Waals surface area contributed by atoms with Gasteiger partial charge in [0.15, 0.2) is 0 Å². The second kappa shape index (κ2) is 6.00. The van der Waals surface area contributed by atoms with Crippen molar-refractivity contribution in [2.45, 2.75) is 37.8 Å². The lowest BCUT2D eigenvalue weighted by atomic mass is 10.1. The van der Waals surface area contributed by atoms with Gasteiger partial charge in [-0.1, -0.05) is 24.3 Å². The summed E-state index contributed by atoms with van der Waals surface area (Å²) >= 11 is 0. The second-order valence-corrected chi connectivity index (χ2v) is 6.63. The first-order chi connectivity index (χ1) is 9.00. The molecule has 1 aromatic rings. The monoisotopic (exact) mass is 284 g/mol. The molecule has 0 radical (unpaired) electrons. The smallest absolute Gasteiger partial charge is 0.216 e. The summed E-state index contributed by atoms with van der Waals surface area (Å²) in [6.07, 6.45) is 0.661. The minimum absolute atomic E-state index is 0.0238. The number of nitrogens with one attached hydrogen (secondary N) is 1. The summed E-state index contributed by atoms with van der Waals surface area (Å²) in [4.78, 5) is 0. The van der Waals surface area contributed by atoms with Crippen molar-refractivity contribution >= 4 is 10.0 Å². The SMILES string of the molecule is CC1OCCC1NS(=O)(=O)Cc1cccc(CN)c1. The second-order valence-electron chi connectivity index (χ2n) is 4.87. The van der Waals surface area contributed by atoms with E-state index in [1.54, 1.807) is 6.07 Å². The summed E-state index contributed by atoms with van der Waals surface area (Å²) in [7, 11) is -3.35. The van der Waals surface area contributed by atoms with Crippen molar-refractivity contribution in [3.05, 3.63) is 35.4 Å². The van der Waals surface area contributed by atoms with E-state index in [-0.39, 0.29) is 17.9 Å². The van der Waals surface area contributed by atoms with Crippen LogP contribution < -0.4 is 10.5 Å². The molecule has 3 N–H and O–H groups in total. The van der Waals surface area contributed by atoms with E-state index in [0.29, 0.717) is 13.2 Å². The molecule has 2 atom stereocenters. The maximum absolute atomic E-state index is 12.1. The van der Waals surface area contributed by atoms with Crippen LogP contribution in [-0.4, -0.2) is 27.2 Å². The number of rotatable bonds is 5. The molecular formula is C13H20N2O3S. The van der Waals surface area contributed by atoms with E-state index in [1.807, 2.05) is 25.1 Å². The van der Waals surface area contributed by atoms with Crippen LogP contribution in [0.25, 0.3) is 0 Å². The first-order valence-corrected chi connectivity index (χ1v) is 8.05. The van der Waals surface area contributed by atoms with Gasteiger partial charge in [0.1, 0.15) is 0 Å². The van der Waals surface area contributed by atoms with E-state index in [0.717, 1.165) is 17.5 Å². The Morgan fingerprint density at radius 1 is 1.42 bits per heavy atom. The van der Waals surface area contributed by atoms with Gasteiger partial charge >= 0.3 is 0 Å². The zero-order valence-corrected chi connectivity index (χ0v) is 11.8. The molecule has 0 aliphatic carbocycles. The Morgan fingerprint density at radius 2 is 2.16 bits per heavy atom. The topological polar surface area (TPSA) is 81.4 Å². The Morgan fingerprint density at radius 3 is 2.79 bits per heavy atom. The minimum Gasteiger partial charge on any atom is -0.377 e. The van der Waals surface area contributed by atoms with Crippen LogP contribution in [0.4, 0.5) is 0 Å². The molecule has 1 aliphatic heterocycles. The third-order valence-corrected chi connectivity index (χ3v) is 4.67. The molecule has 1 saturated heterocycles. The Kier molecular flexibility index (Phi) is 4.57. The molecule has 1 fully saturated rings. The van der Waals surface area contributed by atoms with Crippen molar-refractivity contribution in [1.82, 2.24) is 4.72 Å². The van der Waals surface area contributed by atoms with Crippen LogP contribution in [0, 0.1) is 0 Å². The maximum atomic E-state index is 12.1. The molecule has 0 amide bonds. The fourth-order valence-electron chi connectivity index (χ4n) is 2.22. The molecule has 0 bridgehead atoms. The quantitative estimate of drug-likeness (QED) is 0.835. The van der Waals surface area contributed by atoms with Crippen molar-refractivity contribution in [2.75, 3.05) is 6.61 Å². The van der Waals surface area contributed by atoms with Gasteiger partial charge in [0.25, 0.3) is 0 Å². The van der Waals surface area contributed by atoms with E-state index in [4.69, 9.17) is 10.5 Å². The molecule has 0 saturated carbocycles. The van der Waals surface area contributed by atoms with E-state index in [1.165, 1.54) is 0 Å². The van der Waals surface area contributed by atoms with Crippen molar-refractivity contribution in [2.24, 2.45) is 5.73 Å². The highest BCUT2D eigenvalue weighted by Gasteiger charge is 2.28. The van der Waals surface area contributed by atoms with Crippen LogP contribution in [0.1, 0.15) is 24.5 Å². The molecule has 2 rings (SSSR count). The van der Waals surface area contributed by atoms with Crippen molar-refractivity contribution in [3.63, 3.8) is 0 Å². The lowest BCUT2D eigenvalue weighted by molar-refractivity contribution is 0.117. The Labute approximate surface area is 114 Å². The van der Waals surface area contributed by atoms with Gasteiger partial charge in [0, 0.05) is 19.2 Å². The molecule has 1 aromatic carbocycles. The lowest BCUT2D eigenvalue weighted by Crippen LogP contribution is -2.39. The van der Waals surface area contributed by atoms with E-state index in [9.17, 15) is 8.42 Å². The highest BCUT2D eigenvalue weighted by atomic mass is 32.2. The van der Waals surface area contributed by atoms with Crippen LogP contribution >= 0.6 is 0 Å². The summed E-state index contributed by atoms with van der Waals surface area (Å²) in [6.45, 7) is 2.90. The van der Waals surface area contributed by atoms with Gasteiger partial charge in [-0.25, -0.2) is 13.1 Å². The van der Waals surface area contributed by atoms with Crippen molar-refractivity contribution in [3.8, 4) is 0 Å². The van der Waals surface area contributed by atoms with E-state index >= 15 is 0 Å². The average molecular weight is 284 g/mol. The van der Waals surface area contributed by atoms with Gasteiger partial charge < -0.3 is 10.5 Å². The predicted octanol–water partition coefficient (Wildman–Crippen LogP) is 0.742. The largest absolute Gasteiger partial charge is 0.377 e. The number of hydrogen-bond acceptors (Lipinski definition) is 4. The third kappa shape index (κ3) is 4.01. The summed E-state index contributed by atoms with van der Waals surface area (Å²) in [5.74, 6) is -0.0238. The Bertz CT molecular complexity index is 530. The molecule has 1 heterocycles. The van der Waals surface area contributed by atoms with Gasteiger partial charge in [-0.3, -0.25) is 0 Å². The number of hydrogen-bond donors (Lipinski definition) is 2. The minimum atomic E-state index is -3.35. The predicted molar refractivity (Wildman–Crippen MR) is 73.9 cm³/mol. The molecular weight excluding hydrogens is 264 g/mol. The zero-order chi connectivity index (χ0) is 13.9. The average Bonchev–Trinajstić information content (AvgIpc) is 2.74. The molecule has 0 aromatic heterocycles. The lowest BCUT2D eigenvalue weighted by Gasteiger charge is -2.16. The van der Waals surface area contributed by atoms with Gasteiger partial charge in [-0.05, 0) is 24.5 Å². The van der Waals surface area contributed by atoms with Crippen LogP contribution in [0.15, 0.2) is 24.3 Å². The molecule has 6 heteroatoms. The van der Waals surface area contributed by atoms with Crippen molar-refractivity contribution < 1.29 is 13.2 Å². The summed E-state index contributed by atoms with van der Waals surface area (Å²) in [5, 5.41) is 0. The maximum Gasteiger partial charge on any atom is 0.216 e. The Balaban J connectivity index is 2.03. The van der Waals surface area contributed by atoms with Gasteiger partial charge in [0.2, 0.25) is 10.0 Å². The third-order valence-electron chi connectivity index (χ3n) is 3.29. The molecule has 5 nitrogen and oxygen atoms in total. The number of benzene rings is 1. The Hall–Kier alpha value is -0.950. The highest BCUT2D eigenvalue weighted by molar-refractivity contribution is 7.88. The van der Waals surface area contributed by atoms with Crippen LogP contribution in [0.5, 0.6) is 0 Å². The first kappa shape index (κ1) is 14.5. The summed E-state index contributed by atoms with van der Waals surface area (Å²) in [6, 6.07) is 7.22. The van der Waals surface area contributed by atoms with Gasteiger partial charge in [0.05, 0.1) is 11.9 Å². The van der Waals surface area contributed by atoms with E-state index < -0.39 is 10.0 Å².